The Morgan fingerprint density at radius 3 is 2.94 bits per heavy atom. The van der Waals surface area contributed by atoms with Gasteiger partial charge in [0.15, 0.2) is 5.82 Å². The van der Waals surface area contributed by atoms with Gasteiger partial charge in [-0.15, -0.1) is 0 Å². The number of hydrogen-bond acceptors (Lipinski definition) is 6. The van der Waals surface area contributed by atoms with Crippen LogP contribution in [0.4, 0.5) is 0 Å². The van der Waals surface area contributed by atoms with Crippen LogP contribution in [0.1, 0.15) is 19.7 Å². The van der Waals surface area contributed by atoms with Crippen molar-refractivity contribution in [1.82, 2.24) is 19.7 Å². The molecule has 0 aliphatic heterocycles. The zero-order chi connectivity index (χ0) is 13.2. The van der Waals surface area contributed by atoms with E-state index in [9.17, 15) is 0 Å². The van der Waals surface area contributed by atoms with Crippen LogP contribution < -0.4 is 5.73 Å². The van der Waals surface area contributed by atoms with Crippen molar-refractivity contribution < 1.29 is 9.26 Å². The van der Waals surface area contributed by atoms with Crippen molar-refractivity contribution in [3.05, 3.63) is 18.3 Å². The van der Waals surface area contributed by atoms with Gasteiger partial charge in [0, 0.05) is 13.7 Å². The maximum absolute atomic E-state index is 6.10. The van der Waals surface area contributed by atoms with Crippen LogP contribution in [-0.2, 0) is 17.3 Å². The molecule has 7 heteroatoms. The molecule has 2 N–H and O–H groups in total. The SMILES string of the molecule is CCOCC(C)(N)c1noc(-c2cncn2C)n1. The third-order valence-corrected chi connectivity index (χ3v) is 2.58. The predicted molar refractivity (Wildman–Crippen MR) is 64.5 cm³/mol. The van der Waals surface area contributed by atoms with E-state index in [1.54, 1.807) is 24.0 Å². The lowest BCUT2D eigenvalue weighted by atomic mass is 10.1. The molecule has 7 nitrogen and oxygen atoms in total. The highest BCUT2D eigenvalue weighted by molar-refractivity contribution is 5.45. The largest absolute Gasteiger partial charge is 0.379 e. The molecule has 0 aliphatic carbocycles. The topological polar surface area (TPSA) is 92.0 Å². The number of aryl methyl sites for hydroxylation is 1. The third-order valence-electron chi connectivity index (χ3n) is 2.58. The normalized spacial score (nSPS) is 14.7. The lowest BCUT2D eigenvalue weighted by Crippen LogP contribution is -2.39. The summed E-state index contributed by atoms with van der Waals surface area (Å²) in [6, 6.07) is 0. The first-order chi connectivity index (χ1) is 8.54. The van der Waals surface area contributed by atoms with Crippen LogP contribution in [0.25, 0.3) is 11.6 Å². The number of hydrogen-bond donors (Lipinski definition) is 1. The second-order valence-corrected chi connectivity index (χ2v) is 4.37. The molecule has 2 heterocycles. The summed E-state index contributed by atoms with van der Waals surface area (Å²) in [6.07, 6.45) is 3.33. The molecule has 0 amide bonds. The van der Waals surface area contributed by atoms with Gasteiger partial charge in [0.05, 0.1) is 19.1 Å². The number of aromatic nitrogens is 4. The fourth-order valence-corrected chi connectivity index (χ4v) is 1.50. The minimum atomic E-state index is -0.768. The second kappa shape index (κ2) is 4.87. The third kappa shape index (κ3) is 2.41. The molecule has 1 unspecified atom stereocenters. The van der Waals surface area contributed by atoms with Gasteiger partial charge in [-0.3, -0.25) is 0 Å². The number of ether oxygens (including phenoxy) is 1. The van der Waals surface area contributed by atoms with E-state index in [2.05, 4.69) is 15.1 Å². The van der Waals surface area contributed by atoms with Crippen molar-refractivity contribution in [1.29, 1.82) is 0 Å². The van der Waals surface area contributed by atoms with E-state index in [0.29, 0.717) is 24.9 Å². The van der Waals surface area contributed by atoms with Crippen LogP contribution in [0.3, 0.4) is 0 Å². The molecule has 2 aromatic rings. The molecular weight excluding hydrogens is 234 g/mol. The fraction of sp³-hybridized carbons (Fsp3) is 0.545. The van der Waals surface area contributed by atoms with Gasteiger partial charge in [0.2, 0.25) is 0 Å². The van der Waals surface area contributed by atoms with E-state index < -0.39 is 5.54 Å². The molecule has 0 saturated carbocycles. The van der Waals surface area contributed by atoms with Crippen LogP contribution in [0.2, 0.25) is 0 Å². The summed E-state index contributed by atoms with van der Waals surface area (Å²) in [4.78, 5) is 8.29. The molecular formula is C11H17N5O2. The Morgan fingerprint density at radius 2 is 2.33 bits per heavy atom. The van der Waals surface area contributed by atoms with Crippen molar-refractivity contribution in [3.8, 4) is 11.6 Å². The Labute approximate surface area is 105 Å². The molecule has 0 aromatic carbocycles. The summed E-state index contributed by atoms with van der Waals surface area (Å²) in [5, 5.41) is 3.91. The van der Waals surface area contributed by atoms with Crippen molar-refractivity contribution in [3.63, 3.8) is 0 Å². The zero-order valence-corrected chi connectivity index (χ0v) is 10.8. The Balaban J connectivity index is 2.23. The molecule has 98 valence electrons. The van der Waals surface area contributed by atoms with E-state index in [4.69, 9.17) is 15.0 Å². The maximum atomic E-state index is 6.10. The molecule has 0 bridgehead atoms. The van der Waals surface area contributed by atoms with Crippen molar-refractivity contribution in [2.24, 2.45) is 12.8 Å². The average Bonchev–Trinajstić information content (AvgIpc) is 2.94. The maximum Gasteiger partial charge on any atom is 0.276 e. The van der Waals surface area contributed by atoms with Gasteiger partial charge >= 0.3 is 0 Å². The number of imidazole rings is 1. The summed E-state index contributed by atoms with van der Waals surface area (Å²) in [7, 11) is 1.86. The van der Waals surface area contributed by atoms with Crippen LogP contribution in [0.5, 0.6) is 0 Å². The fourth-order valence-electron chi connectivity index (χ4n) is 1.50. The number of rotatable bonds is 5. The van der Waals surface area contributed by atoms with E-state index in [1.165, 1.54) is 0 Å². The Bertz CT molecular complexity index is 517. The van der Waals surface area contributed by atoms with Crippen LogP contribution in [-0.4, -0.2) is 32.9 Å². The van der Waals surface area contributed by atoms with Gasteiger partial charge in [-0.25, -0.2) is 4.98 Å². The number of nitrogens with zero attached hydrogens (tertiary/aromatic N) is 4. The van der Waals surface area contributed by atoms with Gasteiger partial charge < -0.3 is 19.6 Å². The van der Waals surface area contributed by atoms with Gasteiger partial charge in [-0.2, -0.15) is 4.98 Å². The minimum absolute atomic E-state index is 0.341. The lowest BCUT2D eigenvalue weighted by Gasteiger charge is -2.19. The highest BCUT2D eigenvalue weighted by Gasteiger charge is 2.28. The predicted octanol–water partition coefficient (Wildman–Crippen LogP) is 0.680. The van der Waals surface area contributed by atoms with E-state index in [-0.39, 0.29) is 0 Å². The molecule has 2 rings (SSSR count). The Morgan fingerprint density at radius 1 is 1.56 bits per heavy atom. The zero-order valence-electron chi connectivity index (χ0n) is 10.8. The molecule has 0 aliphatic rings. The lowest BCUT2D eigenvalue weighted by molar-refractivity contribution is 0.0962. The summed E-state index contributed by atoms with van der Waals surface area (Å²) in [5.41, 5.74) is 6.08. The summed E-state index contributed by atoms with van der Waals surface area (Å²) in [6.45, 7) is 4.65. The minimum Gasteiger partial charge on any atom is -0.379 e. The highest BCUT2D eigenvalue weighted by Crippen LogP contribution is 2.20. The van der Waals surface area contributed by atoms with Crippen LogP contribution in [0.15, 0.2) is 17.0 Å². The summed E-state index contributed by atoms with van der Waals surface area (Å²) < 4.78 is 12.3. The first kappa shape index (κ1) is 12.7. The van der Waals surface area contributed by atoms with Gasteiger partial charge in [-0.1, -0.05) is 5.16 Å². The van der Waals surface area contributed by atoms with Crippen molar-refractivity contribution >= 4 is 0 Å². The van der Waals surface area contributed by atoms with Gasteiger partial charge in [-0.05, 0) is 13.8 Å². The monoisotopic (exact) mass is 251 g/mol. The first-order valence-electron chi connectivity index (χ1n) is 5.72. The molecule has 0 spiro atoms. The van der Waals surface area contributed by atoms with Crippen molar-refractivity contribution in [2.45, 2.75) is 19.4 Å². The van der Waals surface area contributed by atoms with Gasteiger partial charge in [0.1, 0.15) is 11.2 Å². The highest BCUT2D eigenvalue weighted by atomic mass is 16.5. The summed E-state index contributed by atoms with van der Waals surface area (Å²) >= 11 is 0. The molecule has 0 saturated heterocycles. The van der Waals surface area contributed by atoms with E-state index in [1.807, 2.05) is 14.0 Å². The van der Waals surface area contributed by atoms with Gasteiger partial charge in [0.25, 0.3) is 5.89 Å². The Kier molecular flexibility index (Phi) is 3.44. The van der Waals surface area contributed by atoms with Crippen LogP contribution >= 0.6 is 0 Å². The van der Waals surface area contributed by atoms with E-state index >= 15 is 0 Å². The molecule has 1 atom stereocenters. The standard InChI is InChI=1S/C11H17N5O2/c1-4-17-6-11(2,12)10-14-9(18-15-10)8-5-13-7-16(8)3/h5,7H,4,6,12H2,1-3H3. The molecule has 2 aromatic heterocycles. The van der Waals surface area contributed by atoms with E-state index in [0.717, 1.165) is 5.69 Å². The Hall–Kier alpha value is -1.73. The second-order valence-electron chi connectivity index (χ2n) is 4.37. The molecule has 0 fully saturated rings. The smallest absolute Gasteiger partial charge is 0.276 e. The molecule has 0 radical (unpaired) electrons. The van der Waals surface area contributed by atoms with Crippen LogP contribution in [0, 0.1) is 0 Å². The first-order valence-corrected chi connectivity index (χ1v) is 5.72. The molecule has 18 heavy (non-hydrogen) atoms. The number of nitrogens with two attached hydrogens (primary N) is 1. The van der Waals surface area contributed by atoms with Crippen molar-refractivity contribution in [2.75, 3.05) is 13.2 Å². The quantitative estimate of drug-likeness (QED) is 0.840. The average molecular weight is 251 g/mol. The summed E-state index contributed by atoms with van der Waals surface area (Å²) in [5.74, 6) is 0.824.